The molecule has 1 atom stereocenters. The molecule has 0 aliphatic carbocycles. The van der Waals surface area contributed by atoms with Gasteiger partial charge in [-0.3, -0.25) is 4.99 Å². The van der Waals surface area contributed by atoms with Gasteiger partial charge in [-0.15, -0.1) is 0 Å². The SMILES string of the molecule is Cc1ccnc(C2=NCC(C)N2)n1. The zero-order chi connectivity index (χ0) is 9.26. The Morgan fingerprint density at radius 2 is 2.38 bits per heavy atom. The summed E-state index contributed by atoms with van der Waals surface area (Å²) >= 11 is 0. The summed E-state index contributed by atoms with van der Waals surface area (Å²) in [6.45, 7) is 4.85. The van der Waals surface area contributed by atoms with Crippen molar-refractivity contribution in [2.45, 2.75) is 19.9 Å². The highest BCUT2D eigenvalue weighted by atomic mass is 15.1. The highest BCUT2D eigenvalue weighted by Gasteiger charge is 2.15. The first-order valence-electron chi connectivity index (χ1n) is 4.37. The van der Waals surface area contributed by atoms with Gasteiger partial charge in [0.25, 0.3) is 0 Å². The summed E-state index contributed by atoms with van der Waals surface area (Å²) in [6, 6.07) is 2.28. The molecule has 13 heavy (non-hydrogen) atoms. The Hall–Kier alpha value is -1.45. The van der Waals surface area contributed by atoms with Gasteiger partial charge in [0.1, 0.15) is 0 Å². The number of aliphatic imine (C=N–C) groups is 1. The van der Waals surface area contributed by atoms with Crippen LogP contribution in [0.15, 0.2) is 17.3 Å². The van der Waals surface area contributed by atoms with Gasteiger partial charge in [0.2, 0.25) is 0 Å². The van der Waals surface area contributed by atoms with E-state index in [4.69, 9.17) is 0 Å². The normalized spacial score (nSPS) is 21.1. The number of rotatable bonds is 1. The maximum Gasteiger partial charge on any atom is 0.195 e. The van der Waals surface area contributed by atoms with Crippen molar-refractivity contribution in [1.82, 2.24) is 15.3 Å². The number of aryl methyl sites for hydroxylation is 1. The predicted molar refractivity (Wildman–Crippen MR) is 50.8 cm³/mol. The number of amidine groups is 1. The van der Waals surface area contributed by atoms with Gasteiger partial charge in [-0.1, -0.05) is 0 Å². The fourth-order valence-corrected chi connectivity index (χ4v) is 1.25. The molecule has 1 aliphatic rings. The molecule has 1 aromatic rings. The van der Waals surface area contributed by atoms with Crippen molar-refractivity contribution in [3.8, 4) is 0 Å². The summed E-state index contributed by atoms with van der Waals surface area (Å²) in [6.07, 6.45) is 1.75. The van der Waals surface area contributed by atoms with E-state index >= 15 is 0 Å². The van der Waals surface area contributed by atoms with E-state index in [1.807, 2.05) is 13.0 Å². The molecule has 0 radical (unpaired) electrons. The third kappa shape index (κ3) is 1.66. The second-order valence-electron chi connectivity index (χ2n) is 3.26. The van der Waals surface area contributed by atoms with Gasteiger partial charge in [-0.05, 0) is 19.9 Å². The van der Waals surface area contributed by atoms with Crippen molar-refractivity contribution in [2.24, 2.45) is 4.99 Å². The summed E-state index contributed by atoms with van der Waals surface area (Å²) in [4.78, 5) is 12.7. The third-order valence-corrected chi connectivity index (χ3v) is 1.91. The van der Waals surface area contributed by atoms with Crippen molar-refractivity contribution < 1.29 is 0 Å². The molecule has 0 aromatic carbocycles. The lowest BCUT2D eigenvalue weighted by Gasteiger charge is -2.04. The predicted octanol–water partition coefficient (Wildman–Crippen LogP) is 0.523. The van der Waals surface area contributed by atoms with E-state index in [0.717, 1.165) is 18.1 Å². The Balaban J connectivity index is 2.26. The molecule has 2 rings (SSSR count). The lowest BCUT2D eigenvalue weighted by Crippen LogP contribution is -2.29. The second kappa shape index (κ2) is 3.12. The van der Waals surface area contributed by atoms with Crippen LogP contribution < -0.4 is 5.32 Å². The summed E-state index contributed by atoms with van der Waals surface area (Å²) in [7, 11) is 0. The molecule has 4 nitrogen and oxygen atoms in total. The van der Waals surface area contributed by atoms with Crippen LogP contribution in [0.5, 0.6) is 0 Å². The first-order chi connectivity index (χ1) is 6.25. The van der Waals surface area contributed by atoms with E-state index in [9.17, 15) is 0 Å². The quantitative estimate of drug-likeness (QED) is 0.678. The van der Waals surface area contributed by atoms with Crippen LogP contribution >= 0.6 is 0 Å². The zero-order valence-corrected chi connectivity index (χ0v) is 7.78. The van der Waals surface area contributed by atoms with Gasteiger partial charge in [-0.2, -0.15) is 0 Å². The maximum absolute atomic E-state index is 4.31. The fraction of sp³-hybridized carbons (Fsp3) is 0.444. The summed E-state index contributed by atoms with van der Waals surface area (Å²) in [5, 5.41) is 3.22. The average molecular weight is 176 g/mol. The lowest BCUT2D eigenvalue weighted by atomic mass is 10.4. The Kier molecular flexibility index (Phi) is 1.96. The molecule has 0 amide bonds. The summed E-state index contributed by atoms with van der Waals surface area (Å²) < 4.78 is 0. The molecule has 0 saturated heterocycles. The van der Waals surface area contributed by atoms with E-state index in [-0.39, 0.29) is 0 Å². The molecule has 0 saturated carbocycles. The van der Waals surface area contributed by atoms with Gasteiger partial charge >= 0.3 is 0 Å². The molecule has 1 aliphatic heterocycles. The minimum Gasteiger partial charge on any atom is -0.363 e. The van der Waals surface area contributed by atoms with Crippen molar-refractivity contribution >= 4 is 5.84 Å². The molecule has 0 bridgehead atoms. The Bertz CT molecular complexity index is 345. The van der Waals surface area contributed by atoms with Gasteiger partial charge in [0, 0.05) is 17.9 Å². The molecule has 68 valence electrons. The third-order valence-electron chi connectivity index (χ3n) is 1.91. The van der Waals surface area contributed by atoms with E-state index < -0.39 is 0 Å². The number of nitrogens with zero attached hydrogens (tertiary/aromatic N) is 3. The minimum atomic E-state index is 0.402. The fourth-order valence-electron chi connectivity index (χ4n) is 1.25. The van der Waals surface area contributed by atoms with E-state index in [2.05, 4.69) is 27.2 Å². The van der Waals surface area contributed by atoms with Crippen LogP contribution in [0.2, 0.25) is 0 Å². The number of hydrogen-bond acceptors (Lipinski definition) is 4. The Morgan fingerprint density at radius 1 is 1.54 bits per heavy atom. The molecule has 4 heteroatoms. The number of nitrogens with one attached hydrogen (secondary N) is 1. The number of aromatic nitrogens is 2. The Morgan fingerprint density at radius 3 is 3.00 bits per heavy atom. The van der Waals surface area contributed by atoms with Crippen LogP contribution in [0.4, 0.5) is 0 Å². The van der Waals surface area contributed by atoms with Crippen molar-refractivity contribution in [1.29, 1.82) is 0 Å². The Labute approximate surface area is 77.1 Å². The van der Waals surface area contributed by atoms with Crippen LogP contribution in [0.3, 0.4) is 0 Å². The average Bonchev–Trinajstić information content (AvgIpc) is 2.52. The minimum absolute atomic E-state index is 0.402. The standard InChI is InChI=1S/C9H12N4/c1-6-3-4-10-8(12-6)9-11-5-7(2)13-9/h3-4,7H,5H2,1-2H3,(H,11,13). The van der Waals surface area contributed by atoms with Crippen LogP contribution in [-0.2, 0) is 0 Å². The molecule has 1 aromatic heterocycles. The molecule has 2 heterocycles. The molecule has 0 fully saturated rings. The smallest absolute Gasteiger partial charge is 0.195 e. The topological polar surface area (TPSA) is 50.2 Å². The second-order valence-corrected chi connectivity index (χ2v) is 3.26. The van der Waals surface area contributed by atoms with Gasteiger partial charge in [-0.25, -0.2) is 9.97 Å². The van der Waals surface area contributed by atoms with Gasteiger partial charge in [0.05, 0.1) is 6.54 Å². The first-order valence-corrected chi connectivity index (χ1v) is 4.37. The van der Waals surface area contributed by atoms with Crippen LogP contribution in [-0.4, -0.2) is 28.4 Å². The highest BCUT2D eigenvalue weighted by Crippen LogP contribution is 2.01. The van der Waals surface area contributed by atoms with Crippen molar-refractivity contribution in [3.05, 3.63) is 23.8 Å². The van der Waals surface area contributed by atoms with Crippen LogP contribution in [0.1, 0.15) is 18.4 Å². The van der Waals surface area contributed by atoms with E-state index in [1.54, 1.807) is 6.20 Å². The monoisotopic (exact) mass is 176 g/mol. The maximum atomic E-state index is 4.31. The largest absolute Gasteiger partial charge is 0.363 e. The van der Waals surface area contributed by atoms with E-state index in [1.165, 1.54) is 0 Å². The molecular weight excluding hydrogens is 164 g/mol. The lowest BCUT2D eigenvalue weighted by molar-refractivity contribution is 0.724. The summed E-state index contributed by atoms with van der Waals surface area (Å²) in [5.41, 5.74) is 0.967. The summed E-state index contributed by atoms with van der Waals surface area (Å²) in [5.74, 6) is 1.51. The van der Waals surface area contributed by atoms with Gasteiger partial charge in [0.15, 0.2) is 11.7 Å². The van der Waals surface area contributed by atoms with E-state index in [0.29, 0.717) is 11.9 Å². The number of hydrogen-bond donors (Lipinski definition) is 1. The van der Waals surface area contributed by atoms with Crippen LogP contribution in [0, 0.1) is 6.92 Å². The van der Waals surface area contributed by atoms with Gasteiger partial charge < -0.3 is 5.32 Å². The first kappa shape index (κ1) is 8.16. The molecule has 1 N–H and O–H groups in total. The molecule has 0 spiro atoms. The van der Waals surface area contributed by atoms with Crippen LogP contribution in [0.25, 0.3) is 0 Å². The molecule has 1 unspecified atom stereocenters. The highest BCUT2D eigenvalue weighted by molar-refractivity contribution is 5.96. The zero-order valence-electron chi connectivity index (χ0n) is 7.78. The van der Waals surface area contributed by atoms with Crippen molar-refractivity contribution in [3.63, 3.8) is 0 Å². The molecular formula is C9H12N4. The van der Waals surface area contributed by atoms with Crippen molar-refractivity contribution in [2.75, 3.05) is 6.54 Å².